The second kappa shape index (κ2) is 5.29. The molecule has 3 nitrogen and oxygen atoms in total. The van der Waals surface area contributed by atoms with Crippen LogP contribution in [0.4, 0.5) is 0 Å². The van der Waals surface area contributed by atoms with E-state index in [-0.39, 0.29) is 11.4 Å². The summed E-state index contributed by atoms with van der Waals surface area (Å²) in [5, 5.41) is 0.533. The molecule has 0 N–H and O–H groups in total. The van der Waals surface area contributed by atoms with E-state index in [1.165, 1.54) is 6.07 Å². The Morgan fingerprint density at radius 2 is 1.81 bits per heavy atom. The molecule has 2 aromatic carbocycles. The molecule has 0 saturated carbocycles. The van der Waals surface area contributed by atoms with Gasteiger partial charge >= 0.3 is 0 Å². The van der Waals surface area contributed by atoms with Gasteiger partial charge in [-0.25, -0.2) is 0 Å². The molecule has 0 spiro atoms. The second-order valence-electron chi connectivity index (χ2n) is 4.82. The fourth-order valence-corrected chi connectivity index (χ4v) is 2.05. The van der Waals surface area contributed by atoms with Crippen molar-refractivity contribution in [1.29, 1.82) is 0 Å². The molecule has 0 radical (unpaired) electrons. The Labute approximate surface area is 122 Å². The normalized spacial score (nSPS) is 10.5. The van der Waals surface area contributed by atoms with Crippen molar-refractivity contribution < 1.29 is 9.15 Å². The lowest BCUT2D eigenvalue weighted by Crippen LogP contribution is -2.02. The van der Waals surface area contributed by atoms with Gasteiger partial charge in [0.15, 0.2) is 5.43 Å². The number of rotatable bonds is 3. The van der Waals surface area contributed by atoms with Crippen LogP contribution in [0, 0.1) is 6.92 Å². The third-order valence-electron chi connectivity index (χ3n) is 3.21. The highest BCUT2D eigenvalue weighted by Crippen LogP contribution is 2.22. The van der Waals surface area contributed by atoms with Crippen LogP contribution in [0.5, 0.6) is 5.95 Å². The SMILES string of the molecule is C=C(Oc1cc(=O)c2ccccc2o1)c1ccc(C)cc1. The van der Waals surface area contributed by atoms with Crippen molar-refractivity contribution in [2.45, 2.75) is 6.92 Å². The summed E-state index contributed by atoms with van der Waals surface area (Å²) in [7, 11) is 0. The summed E-state index contributed by atoms with van der Waals surface area (Å²) in [6.45, 7) is 5.89. The first kappa shape index (κ1) is 13.2. The van der Waals surface area contributed by atoms with Crippen LogP contribution >= 0.6 is 0 Å². The molecule has 0 fully saturated rings. The lowest BCUT2D eigenvalue weighted by atomic mass is 10.1. The van der Waals surface area contributed by atoms with Gasteiger partial charge in [0.1, 0.15) is 11.3 Å². The molecule has 0 unspecified atom stereocenters. The smallest absolute Gasteiger partial charge is 0.294 e. The minimum absolute atomic E-state index is 0.136. The van der Waals surface area contributed by atoms with Gasteiger partial charge in [-0.3, -0.25) is 4.79 Å². The van der Waals surface area contributed by atoms with Gasteiger partial charge in [0.2, 0.25) is 0 Å². The van der Waals surface area contributed by atoms with E-state index in [2.05, 4.69) is 6.58 Å². The predicted octanol–water partition coefficient (Wildman–Crippen LogP) is 4.15. The van der Waals surface area contributed by atoms with E-state index in [0.29, 0.717) is 16.7 Å². The molecule has 0 bridgehead atoms. The van der Waals surface area contributed by atoms with Crippen molar-refractivity contribution in [3.05, 3.63) is 82.5 Å². The summed E-state index contributed by atoms with van der Waals surface area (Å²) >= 11 is 0. The molecule has 0 aliphatic rings. The summed E-state index contributed by atoms with van der Waals surface area (Å²) in [5.41, 5.74) is 2.36. The van der Waals surface area contributed by atoms with Crippen molar-refractivity contribution in [2.24, 2.45) is 0 Å². The van der Waals surface area contributed by atoms with E-state index in [9.17, 15) is 4.79 Å². The molecule has 0 saturated heterocycles. The lowest BCUT2D eigenvalue weighted by molar-refractivity contribution is 0.373. The standard InChI is InChI=1S/C18H14O3/c1-12-7-9-14(10-8-12)13(2)20-18-11-16(19)15-5-3-4-6-17(15)21-18/h3-11H,2H2,1H3. The molecule has 3 heteroatoms. The molecule has 3 aromatic rings. The predicted molar refractivity (Wildman–Crippen MR) is 83.3 cm³/mol. The maximum atomic E-state index is 12.0. The molecular weight excluding hydrogens is 264 g/mol. The van der Waals surface area contributed by atoms with Crippen LogP contribution in [0.25, 0.3) is 16.7 Å². The Morgan fingerprint density at radius 1 is 1.10 bits per heavy atom. The molecular formula is C18H14O3. The first-order valence-corrected chi connectivity index (χ1v) is 6.60. The van der Waals surface area contributed by atoms with Crippen molar-refractivity contribution >= 4 is 16.7 Å². The lowest BCUT2D eigenvalue weighted by Gasteiger charge is -2.08. The topological polar surface area (TPSA) is 39.4 Å². The molecule has 21 heavy (non-hydrogen) atoms. The zero-order valence-electron chi connectivity index (χ0n) is 11.6. The number of fused-ring (bicyclic) bond motifs is 1. The van der Waals surface area contributed by atoms with Gasteiger partial charge in [-0.15, -0.1) is 0 Å². The molecule has 104 valence electrons. The van der Waals surface area contributed by atoms with Gasteiger partial charge in [0.25, 0.3) is 5.95 Å². The van der Waals surface area contributed by atoms with Crippen LogP contribution in [0.3, 0.4) is 0 Å². The third-order valence-corrected chi connectivity index (χ3v) is 3.21. The maximum Gasteiger partial charge on any atom is 0.294 e. The number of ether oxygens (including phenoxy) is 1. The molecule has 0 atom stereocenters. The summed E-state index contributed by atoms with van der Waals surface area (Å²) in [5.74, 6) is 0.581. The first-order chi connectivity index (χ1) is 10.1. The fraction of sp³-hybridized carbons (Fsp3) is 0.0556. The fourth-order valence-electron chi connectivity index (χ4n) is 2.05. The number of aryl methyl sites for hydroxylation is 1. The minimum Gasteiger partial charge on any atom is -0.426 e. The molecule has 0 amide bonds. The molecule has 1 heterocycles. The Kier molecular flexibility index (Phi) is 3.32. The highest BCUT2D eigenvalue weighted by atomic mass is 16.6. The van der Waals surface area contributed by atoms with Crippen LogP contribution in [0.15, 0.2) is 70.4 Å². The molecule has 0 aliphatic heterocycles. The van der Waals surface area contributed by atoms with Crippen molar-refractivity contribution in [2.75, 3.05) is 0 Å². The largest absolute Gasteiger partial charge is 0.426 e. The Bertz CT molecular complexity index is 858. The van der Waals surface area contributed by atoms with E-state index < -0.39 is 0 Å². The minimum atomic E-state index is -0.136. The van der Waals surface area contributed by atoms with E-state index in [1.807, 2.05) is 37.3 Å². The summed E-state index contributed by atoms with van der Waals surface area (Å²) in [6, 6.07) is 16.2. The zero-order valence-corrected chi connectivity index (χ0v) is 11.6. The van der Waals surface area contributed by atoms with Gasteiger partial charge in [-0.05, 0) is 19.1 Å². The quantitative estimate of drug-likeness (QED) is 0.676. The number of para-hydroxylation sites is 1. The highest BCUT2D eigenvalue weighted by Gasteiger charge is 2.08. The summed E-state index contributed by atoms with van der Waals surface area (Å²) < 4.78 is 11.1. The zero-order chi connectivity index (χ0) is 14.8. The van der Waals surface area contributed by atoms with E-state index in [0.717, 1.165) is 11.1 Å². The summed E-state index contributed by atoms with van der Waals surface area (Å²) in [6.07, 6.45) is 0. The van der Waals surface area contributed by atoms with Gasteiger partial charge < -0.3 is 9.15 Å². The number of hydrogen-bond donors (Lipinski definition) is 0. The van der Waals surface area contributed by atoms with Crippen molar-refractivity contribution in [3.63, 3.8) is 0 Å². The average Bonchev–Trinajstić information content (AvgIpc) is 2.48. The van der Waals surface area contributed by atoms with Crippen molar-refractivity contribution in [3.8, 4) is 5.95 Å². The highest BCUT2D eigenvalue weighted by molar-refractivity contribution is 5.76. The van der Waals surface area contributed by atoms with Gasteiger partial charge in [0.05, 0.1) is 11.5 Å². The van der Waals surface area contributed by atoms with Gasteiger partial charge in [-0.2, -0.15) is 0 Å². The van der Waals surface area contributed by atoms with Crippen LogP contribution < -0.4 is 10.2 Å². The van der Waals surface area contributed by atoms with Gasteiger partial charge in [-0.1, -0.05) is 48.5 Å². The van der Waals surface area contributed by atoms with Crippen LogP contribution in [0.1, 0.15) is 11.1 Å². The molecule has 3 rings (SSSR count). The number of benzene rings is 2. The Balaban J connectivity index is 1.93. The van der Waals surface area contributed by atoms with Crippen LogP contribution in [-0.4, -0.2) is 0 Å². The second-order valence-corrected chi connectivity index (χ2v) is 4.82. The van der Waals surface area contributed by atoms with E-state index in [1.54, 1.807) is 18.2 Å². The monoisotopic (exact) mass is 278 g/mol. The first-order valence-electron chi connectivity index (χ1n) is 6.60. The van der Waals surface area contributed by atoms with Gasteiger partial charge in [0, 0.05) is 5.56 Å². The maximum absolute atomic E-state index is 12.0. The van der Waals surface area contributed by atoms with E-state index in [4.69, 9.17) is 9.15 Å². The average molecular weight is 278 g/mol. The molecule has 1 aromatic heterocycles. The van der Waals surface area contributed by atoms with Crippen LogP contribution in [0.2, 0.25) is 0 Å². The Morgan fingerprint density at radius 3 is 2.57 bits per heavy atom. The third kappa shape index (κ3) is 2.72. The summed E-state index contributed by atoms with van der Waals surface area (Å²) in [4.78, 5) is 12.0. The number of hydrogen-bond acceptors (Lipinski definition) is 3. The van der Waals surface area contributed by atoms with Crippen LogP contribution in [-0.2, 0) is 0 Å². The Hall–Kier alpha value is -2.81. The van der Waals surface area contributed by atoms with E-state index >= 15 is 0 Å². The van der Waals surface area contributed by atoms with Crippen molar-refractivity contribution in [1.82, 2.24) is 0 Å². The molecule has 0 aliphatic carbocycles.